The van der Waals surface area contributed by atoms with Gasteiger partial charge < -0.3 is 0 Å². The van der Waals surface area contributed by atoms with Crippen molar-refractivity contribution < 1.29 is 8.42 Å². The van der Waals surface area contributed by atoms with E-state index in [-0.39, 0.29) is 4.90 Å². The third-order valence-corrected chi connectivity index (χ3v) is 4.29. The summed E-state index contributed by atoms with van der Waals surface area (Å²) in [7, 11) is -3.68. The van der Waals surface area contributed by atoms with Gasteiger partial charge in [0.2, 0.25) is 0 Å². The van der Waals surface area contributed by atoms with E-state index < -0.39 is 10.0 Å². The van der Waals surface area contributed by atoms with E-state index in [4.69, 9.17) is 0 Å². The molecule has 0 fully saturated rings. The number of fused-ring (bicyclic) bond motifs is 1. The molecule has 0 unspecified atom stereocenters. The molecule has 8 nitrogen and oxygen atoms in total. The summed E-state index contributed by atoms with van der Waals surface area (Å²) < 4.78 is 25.9. The summed E-state index contributed by atoms with van der Waals surface area (Å²) in [6.07, 6.45) is 1.35. The molecule has 0 aliphatic heterocycles. The quantitative estimate of drug-likeness (QED) is 0.697. The van der Waals surface area contributed by atoms with Gasteiger partial charge in [0, 0.05) is 11.8 Å². The van der Waals surface area contributed by atoms with Crippen molar-refractivity contribution in [2.24, 2.45) is 0 Å². The van der Waals surface area contributed by atoms with Crippen LogP contribution in [0.1, 0.15) is 11.3 Å². The Bertz CT molecular complexity index is 917. The number of sulfonamides is 1. The second-order valence-corrected chi connectivity index (χ2v) is 6.48. The SMILES string of the molecule is Cc1ccc(S(=O)(=O)NNc2cc(C)nc3ncnn23)cc1. The normalized spacial score (nSPS) is 11.7. The first-order chi connectivity index (χ1) is 10.5. The summed E-state index contributed by atoms with van der Waals surface area (Å²) in [6, 6.07) is 8.23. The van der Waals surface area contributed by atoms with Crippen LogP contribution in [0.2, 0.25) is 0 Å². The van der Waals surface area contributed by atoms with Crippen molar-refractivity contribution in [2.45, 2.75) is 18.7 Å². The van der Waals surface area contributed by atoms with Gasteiger partial charge >= 0.3 is 0 Å². The highest BCUT2D eigenvalue weighted by atomic mass is 32.2. The van der Waals surface area contributed by atoms with Gasteiger partial charge in [0.25, 0.3) is 15.8 Å². The second-order valence-electron chi connectivity index (χ2n) is 4.80. The number of hydrogen-bond donors (Lipinski definition) is 2. The minimum absolute atomic E-state index is 0.172. The Morgan fingerprint density at radius 1 is 1.14 bits per heavy atom. The van der Waals surface area contributed by atoms with Gasteiger partial charge in [0.1, 0.15) is 12.1 Å². The molecule has 3 rings (SSSR count). The first kappa shape index (κ1) is 14.4. The Morgan fingerprint density at radius 2 is 1.86 bits per heavy atom. The standard InChI is InChI=1S/C13H14N6O2S/c1-9-3-5-11(6-4-9)22(20,21)18-17-12-7-10(2)16-13-14-8-15-19(12)13/h3-8,17-18H,1-2H3. The zero-order valence-corrected chi connectivity index (χ0v) is 12.8. The number of aryl methyl sites for hydroxylation is 2. The molecule has 9 heteroatoms. The van der Waals surface area contributed by atoms with Gasteiger partial charge in [0.05, 0.1) is 4.90 Å². The first-order valence-corrected chi connectivity index (χ1v) is 7.96. The van der Waals surface area contributed by atoms with Crippen LogP contribution >= 0.6 is 0 Å². The molecule has 0 spiro atoms. The maximum Gasteiger partial charge on any atom is 0.257 e. The molecule has 22 heavy (non-hydrogen) atoms. The average Bonchev–Trinajstić information content (AvgIpc) is 2.93. The number of nitrogens with one attached hydrogen (secondary N) is 2. The van der Waals surface area contributed by atoms with Gasteiger partial charge in [-0.2, -0.15) is 14.6 Å². The first-order valence-electron chi connectivity index (χ1n) is 6.47. The van der Waals surface area contributed by atoms with Crippen molar-refractivity contribution in [3.8, 4) is 0 Å². The Kier molecular flexibility index (Phi) is 3.51. The van der Waals surface area contributed by atoms with Crippen LogP contribution in [0.5, 0.6) is 0 Å². The Morgan fingerprint density at radius 3 is 2.59 bits per heavy atom. The fourth-order valence-electron chi connectivity index (χ4n) is 1.92. The van der Waals surface area contributed by atoms with E-state index in [2.05, 4.69) is 25.3 Å². The maximum atomic E-state index is 12.2. The third-order valence-electron chi connectivity index (χ3n) is 3.02. The van der Waals surface area contributed by atoms with Crippen molar-refractivity contribution in [1.82, 2.24) is 24.4 Å². The van der Waals surface area contributed by atoms with Crippen LogP contribution in [0, 0.1) is 13.8 Å². The summed E-state index contributed by atoms with van der Waals surface area (Å²) in [5.74, 6) is 0.813. The van der Waals surface area contributed by atoms with Crippen molar-refractivity contribution in [2.75, 3.05) is 5.43 Å². The Balaban J connectivity index is 1.87. The monoisotopic (exact) mass is 318 g/mol. The maximum absolute atomic E-state index is 12.2. The molecular weight excluding hydrogens is 304 g/mol. The lowest BCUT2D eigenvalue weighted by Gasteiger charge is -2.11. The highest BCUT2D eigenvalue weighted by Gasteiger charge is 2.14. The number of hydrogen-bond acceptors (Lipinski definition) is 6. The van der Waals surface area contributed by atoms with Crippen molar-refractivity contribution in [1.29, 1.82) is 0 Å². The van der Waals surface area contributed by atoms with Crippen LogP contribution in [0.15, 0.2) is 41.6 Å². The summed E-state index contributed by atoms with van der Waals surface area (Å²) in [5, 5.41) is 3.99. The molecule has 2 N–H and O–H groups in total. The summed E-state index contributed by atoms with van der Waals surface area (Å²) >= 11 is 0. The number of hydrazine groups is 1. The number of anilines is 1. The number of rotatable bonds is 4. The Hall–Kier alpha value is -2.52. The molecule has 0 saturated heterocycles. The number of benzene rings is 1. The molecule has 114 valence electrons. The summed E-state index contributed by atoms with van der Waals surface area (Å²) in [5.41, 5.74) is 4.33. The van der Waals surface area contributed by atoms with E-state index in [9.17, 15) is 8.42 Å². The molecule has 0 bridgehead atoms. The predicted molar refractivity (Wildman–Crippen MR) is 80.6 cm³/mol. The van der Waals surface area contributed by atoms with Gasteiger partial charge in [-0.3, -0.25) is 5.43 Å². The van der Waals surface area contributed by atoms with Gasteiger partial charge in [-0.05, 0) is 26.0 Å². The largest absolute Gasteiger partial charge is 0.292 e. The number of aromatic nitrogens is 4. The molecule has 0 atom stereocenters. The van der Waals surface area contributed by atoms with Gasteiger partial charge in [-0.1, -0.05) is 17.7 Å². The third kappa shape index (κ3) is 2.76. The lowest BCUT2D eigenvalue weighted by molar-refractivity contribution is 0.587. The topological polar surface area (TPSA) is 101 Å². The molecule has 0 saturated carbocycles. The van der Waals surface area contributed by atoms with Gasteiger partial charge in [-0.25, -0.2) is 13.4 Å². The lowest BCUT2D eigenvalue weighted by atomic mass is 10.2. The zero-order valence-electron chi connectivity index (χ0n) is 12.0. The van der Waals surface area contributed by atoms with E-state index in [0.717, 1.165) is 5.56 Å². The zero-order chi connectivity index (χ0) is 15.7. The van der Waals surface area contributed by atoms with E-state index in [0.29, 0.717) is 17.3 Å². The van der Waals surface area contributed by atoms with Crippen molar-refractivity contribution in [3.05, 3.63) is 47.9 Å². The van der Waals surface area contributed by atoms with Crippen molar-refractivity contribution >= 4 is 21.6 Å². The highest BCUT2D eigenvalue weighted by Crippen LogP contribution is 2.12. The molecule has 0 amide bonds. The van der Waals surface area contributed by atoms with Crippen LogP contribution in [0.4, 0.5) is 5.82 Å². The van der Waals surface area contributed by atoms with Gasteiger partial charge in [-0.15, -0.1) is 4.83 Å². The van der Waals surface area contributed by atoms with E-state index in [1.54, 1.807) is 37.3 Å². The van der Waals surface area contributed by atoms with Crippen molar-refractivity contribution in [3.63, 3.8) is 0 Å². The fraction of sp³-hybridized carbons (Fsp3) is 0.154. The summed E-state index contributed by atoms with van der Waals surface area (Å²) in [4.78, 5) is 10.7. The molecule has 0 aliphatic rings. The van der Waals surface area contributed by atoms with Gasteiger partial charge in [0.15, 0.2) is 0 Å². The second kappa shape index (κ2) is 5.35. The van der Waals surface area contributed by atoms with E-state index in [1.165, 1.54) is 10.8 Å². The summed E-state index contributed by atoms with van der Waals surface area (Å²) in [6.45, 7) is 3.68. The predicted octanol–water partition coefficient (Wildman–Crippen LogP) is 1.05. The minimum Gasteiger partial charge on any atom is -0.292 e. The molecule has 0 radical (unpaired) electrons. The molecule has 1 aromatic carbocycles. The van der Waals surface area contributed by atoms with E-state index in [1.807, 2.05) is 6.92 Å². The minimum atomic E-state index is -3.68. The van der Waals surface area contributed by atoms with Crippen LogP contribution < -0.4 is 10.3 Å². The lowest BCUT2D eigenvalue weighted by Crippen LogP contribution is -2.30. The highest BCUT2D eigenvalue weighted by molar-refractivity contribution is 7.89. The average molecular weight is 318 g/mol. The van der Waals surface area contributed by atoms with Crippen LogP contribution in [-0.2, 0) is 10.0 Å². The molecule has 3 aromatic rings. The fourth-order valence-corrected chi connectivity index (χ4v) is 2.77. The van der Waals surface area contributed by atoms with Crippen LogP contribution in [0.3, 0.4) is 0 Å². The van der Waals surface area contributed by atoms with E-state index >= 15 is 0 Å². The van der Waals surface area contributed by atoms with Crippen LogP contribution in [-0.4, -0.2) is 28.0 Å². The van der Waals surface area contributed by atoms with Crippen LogP contribution in [0.25, 0.3) is 5.78 Å². The molecule has 0 aliphatic carbocycles. The molecule has 2 aromatic heterocycles. The molecule has 2 heterocycles. The number of nitrogens with zero attached hydrogens (tertiary/aromatic N) is 4. The molecular formula is C13H14N6O2S. The smallest absolute Gasteiger partial charge is 0.257 e. The Labute approximate surface area is 127 Å².